The average molecular weight is 365 g/mol. The van der Waals surface area contributed by atoms with Gasteiger partial charge in [0.2, 0.25) is 10.0 Å². The molecule has 4 N–H and O–H groups in total. The van der Waals surface area contributed by atoms with Crippen molar-refractivity contribution in [1.29, 1.82) is 0 Å². The second-order valence-electron chi connectivity index (χ2n) is 5.97. The Kier molecular flexibility index (Phi) is 4.70. The van der Waals surface area contributed by atoms with Crippen LogP contribution in [-0.2, 0) is 16.6 Å². The van der Waals surface area contributed by atoms with Crippen molar-refractivity contribution in [3.8, 4) is 11.5 Å². The number of hydrogen-bond acceptors (Lipinski definition) is 6. The van der Waals surface area contributed by atoms with E-state index in [-0.39, 0.29) is 30.0 Å². The minimum atomic E-state index is -4.04. The molecule has 0 saturated heterocycles. The summed E-state index contributed by atoms with van der Waals surface area (Å²) in [4.78, 5) is -0.298. The van der Waals surface area contributed by atoms with Crippen molar-refractivity contribution in [3.63, 3.8) is 0 Å². The van der Waals surface area contributed by atoms with Crippen LogP contribution in [0.2, 0.25) is 0 Å². The summed E-state index contributed by atoms with van der Waals surface area (Å²) in [5, 5.41) is 37.7. The third kappa shape index (κ3) is 3.34. The number of hydrogen-bond donors (Lipinski definition) is 4. The minimum Gasteiger partial charge on any atom is -0.508 e. The van der Waals surface area contributed by atoms with Crippen molar-refractivity contribution in [2.75, 3.05) is 0 Å². The van der Waals surface area contributed by atoms with Gasteiger partial charge in [-0.15, -0.1) is 0 Å². The third-order valence-corrected chi connectivity index (χ3v) is 6.22. The zero-order valence-corrected chi connectivity index (χ0v) is 14.1. The lowest BCUT2D eigenvalue weighted by atomic mass is 10.0. The molecule has 0 bridgehead atoms. The van der Waals surface area contributed by atoms with E-state index in [9.17, 15) is 18.6 Å². The highest BCUT2D eigenvalue weighted by Gasteiger charge is 2.39. The van der Waals surface area contributed by atoms with E-state index in [2.05, 4.69) is 0 Å². The summed E-state index contributed by atoms with van der Waals surface area (Å²) in [6, 6.07) is 10.0. The van der Waals surface area contributed by atoms with E-state index >= 15 is 0 Å². The lowest BCUT2D eigenvalue weighted by Crippen LogP contribution is -2.30. The van der Waals surface area contributed by atoms with Crippen LogP contribution in [0.1, 0.15) is 30.0 Å². The predicted molar refractivity (Wildman–Crippen MR) is 89.1 cm³/mol. The Hall–Kier alpha value is -2.13. The number of fused-ring (bicyclic) bond motifs is 1. The lowest BCUT2D eigenvalue weighted by molar-refractivity contribution is -0.0489. The van der Waals surface area contributed by atoms with Crippen LogP contribution in [0.5, 0.6) is 11.5 Å². The van der Waals surface area contributed by atoms with Gasteiger partial charge in [0.15, 0.2) is 6.29 Å². The van der Waals surface area contributed by atoms with Crippen LogP contribution in [0.25, 0.3) is 0 Å². The topological polar surface area (TPSA) is 118 Å². The highest BCUT2D eigenvalue weighted by atomic mass is 32.2. The molecular weight excluding hydrogens is 346 g/mol. The molecule has 134 valence electrons. The maximum Gasteiger partial charge on any atom is 0.247 e. The molecular formula is C17H19NO6S. The van der Waals surface area contributed by atoms with E-state index in [1.54, 1.807) is 6.07 Å². The number of sulfonamides is 1. The smallest absolute Gasteiger partial charge is 0.247 e. The molecule has 1 heterocycles. The standard InChI is InChI=1S/C17H19NO6S/c19-12-5-7-16(15(20)9-12)25(23,24)18-10-11-3-1-2-4-13(11)14(18)6-8-17(21)22/h1-5,7,9,14,17,19-22H,6,8,10H2. The second-order valence-corrected chi connectivity index (χ2v) is 7.83. The van der Waals surface area contributed by atoms with Crippen LogP contribution in [0, 0.1) is 0 Å². The molecule has 1 unspecified atom stereocenters. The number of benzene rings is 2. The molecule has 1 aliphatic rings. The first-order chi connectivity index (χ1) is 11.8. The Morgan fingerprint density at radius 1 is 1.12 bits per heavy atom. The van der Waals surface area contributed by atoms with E-state index < -0.39 is 28.1 Å². The van der Waals surface area contributed by atoms with Crippen LogP contribution in [0.15, 0.2) is 47.4 Å². The summed E-state index contributed by atoms with van der Waals surface area (Å²) >= 11 is 0. The Balaban J connectivity index is 2.02. The molecule has 0 fully saturated rings. The SMILES string of the molecule is O=S(=O)(c1ccc(O)cc1O)N1Cc2ccccc2C1CCC(O)O. The Labute approximate surface area is 145 Å². The summed E-state index contributed by atoms with van der Waals surface area (Å²) in [7, 11) is -4.04. The van der Waals surface area contributed by atoms with Gasteiger partial charge in [-0.3, -0.25) is 0 Å². The summed E-state index contributed by atoms with van der Waals surface area (Å²) in [6.07, 6.45) is -1.28. The zero-order chi connectivity index (χ0) is 18.2. The normalized spacial score (nSPS) is 17.8. The number of phenols is 2. The van der Waals surface area contributed by atoms with Crippen LogP contribution in [-0.4, -0.2) is 39.4 Å². The van der Waals surface area contributed by atoms with Crippen molar-refractivity contribution < 1.29 is 28.8 Å². The monoisotopic (exact) mass is 365 g/mol. The molecule has 2 aromatic carbocycles. The fourth-order valence-electron chi connectivity index (χ4n) is 3.15. The molecule has 0 amide bonds. The molecule has 8 heteroatoms. The van der Waals surface area contributed by atoms with Crippen molar-refractivity contribution in [1.82, 2.24) is 4.31 Å². The number of phenolic OH excluding ortho intramolecular Hbond substituents is 2. The highest BCUT2D eigenvalue weighted by Crippen LogP contribution is 2.42. The van der Waals surface area contributed by atoms with E-state index in [4.69, 9.17) is 10.2 Å². The molecule has 7 nitrogen and oxygen atoms in total. The second kappa shape index (κ2) is 6.64. The maximum atomic E-state index is 13.0. The van der Waals surface area contributed by atoms with Gasteiger partial charge in [-0.05, 0) is 36.1 Å². The van der Waals surface area contributed by atoms with Crippen molar-refractivity contribution >= 4 is 10.0 Å². The quantitative estimate of drug-likeness (QED) is 0.596. The van der Waals surface area contributed by atoms with Crippen LogP contribution >= 0.6 is 0 Å². The number of nitrogens with zero attached hydrogens (tertiary/aromatic N) is 1. The van der Waals surface area contributed by atoms with Crippen LogP contribution < -0.4 is 0 Å². The zero-order valence-electron chi connectivity index (χ0n) is 13.3. The summed E-state index contributed by atoms with van der Waals surface area (Å²) in [6.45, 7) is 0.130. The highest BCUT2D eigenvalue weighted by molar-refractivity contribution is 7.89. The Morgan fingerprint density at radius 2 is 1.84 bits per heavy atom. The molecule has 0 saturated carbocycles. The number of aliphatic hydroxyl groups excluding tert-OH is 1. The minimum absolute atomic E-state index is 0.0204. The number of rotatable bonds is 5. The van der Waals surface area contributed by atoms with Gasteiger partial charge in [0.25, 0.3) is 0 Å². The maximum absolute atomic E-state index is 13.0. The van der Waals surface area contributed by atoms with Gasteiger partial charge >= 0.3 is 0 Å². The fraction of sp³-hybridized carbons (Fsp3) is 0.294. The first kappa shape index (κ1) is 17.7. The first-order valence-corrected chi connectivity index (χ1v) is 9.22. The third-order valence-electron chi connectivity index (χ3n) is 4.32. The van der Waals surface area contributed by atoms with Gasteiger partial charge in [0.1, 0.15) is 16.4 Å². The van der Waals surface area contributed by atoms with Crippen molar-refractivity contribution in [2.24, 2.45) is 0 Å². The van der Waals surface area contributed by atoms with Gasteiger partial charge in [-0.2, -0.15) is 4.31 Å². The molecule has 1 aliphatic heterocycles. The van der Waals surface area contributed by atoms with Crippen LogP contribution in [0.3, 0.4) is 0 Å². The van der Waals surface area contributed by atoms with E-state index in [0.29, 0.717) is 0 Å². The lowest BCUT2D eigenvalue weighted by Gasteiger charge is -2.25. The van der Waals surface area contributed by atoms with Crippen LogP contribution in [0.4, 0.5) is 0 Å². The van der Waals surface area contributed by atoms with E-state index in [1.807, 2.05) is 18.2 Å². The molecule has 25 heavy (non-hydrogen) atoms. The molecule has 1 atom stereocenters. The van der Waals surface area contributed by atoms with E-state index in [0.717, 1.165) is 23.3 Å². The predicted octanol–water partition coefficient (Wildman–Crippen LogP) is 1.43. The van der Waals surface area contributed by atoms with Crippen molar-refractivity contribution in [2.45, 2.75) is 36.6 Å². The molecule has 0 spiro atoms. The van der Waals surface area contributed by atoms with Gasteiger partial charge < -0.3 is 20.4 Å². The van der Waals surface area contributed by atoms with Gasteiger partial charge in [-0.25, -0.2) is 8.42 Å². The Morgan fingerprint density at radius 3 is 2.52 bits per heavy atom. The summed E-state index contributed by atoms with van der Waals surface area (Å²) in [5.41, 5.74) is 1.65. The molecule has 2 aromatic rings. The average Bonchev–Trinajstić information content (AvgIpc) is 2.92. The van der Waals surface area contributed by atoms with Gasteiger partial charge in [-0.1, -0.05) is 24.3 Å². The van der Waals surface area contributed by atoms with Gasteiger partial charge in [0.05, 0.1) is 6.04 Å². The van der Waals surface area contributed by atoms with Gasteiger partial charge in [0, 0.05) is 12.6 Å². The number of aliphatic hydroxyl groups is 2. The molecule has 3 rings (SSSR count). The molecule has 0 radical (unpaired) electrons. The summed E-state index contributed by atoms with van der Waals surface area (Å²) in [5.74, 6) is -0.766. The first-order valence-electron chi connectivity index (χ1n) is 7.78. The molecule has 0 aliphatic carbocycles. The van der Waals surface area contributed by atoms with E-state index in [1.165, 1.54) is 10.4 Å². The fourth-order valence-corrected chi connectivity index (χ4v) is 4.82. The van der Waals surface area contributed by atoms with Crippen molar-refractivity contribution in [3.05, 3.63) is 53.6 Å². The largest absolute Gasteiger partial charge is 0.508 e. The Bertz CT molecular complexity index is 880. The molecule has 0 aromatic heterocycles. The summed E-state index contributed by atoms with van der Waals surface area (Å²) < 4.78 is 27.3. The number of aromatic hydroxyl groups is 2.